The van der Waals surface area contributed by atoms with Crippen LogP contribution in [0.4, 0.5) is 0 Å². The first-order valence-electron chi connectivity index (χ1n) is 11.1. The lowest BCUT2D eigenvalue weighted by molar-refractivity contribution is -0.137. The minimum absolute atomic E-state index is 0.0282. The number of aromatic nitrogens is 2. The first-order valence-corrected chi connectivity index (χ1v) is 12.4. The van der Waals surface area contributed by atoms with E-state index in [0.29, 0.717) is 44.0 Å². The first-order chi connectivity index (χ1) is 17.4. The Kier molecular flexibility index (Phi) is 6.62. The molecule has 4 aromatic rings. The first kappa shape index (κ1) is 23.8. The summed E-state index contributed by atoms with van der Waals surface area (Å²) in [5.74, 6) is -0.00566. The van der Waals surface area contributed by atoms with Gasteiger partial charge in [-0.25, -0.2) is 4.68 Å². The standard InChI is InChI=1S/C26H21N3O5S2/c1-33-19-10-5-7-16-13-20(34-24(16)19)23-17(15-29(27-23)18-8-3-2-4-9-18)14-21-25(32)28(26(35)36-21)12-6-11-22(30)31/h2-5,7-10,13-15H,6,11-12H2,1H3,(H,30,31)/b21-14-. The van der Waals surface area contributed by atoms with E-state index in [1.807, 2.05) is 60.8 Å². The predicted octanol–water partition coefficient (Wildman–Crippen LogP) is 5.36. The molecule has 182 valence electrons. The van der Waals surface area contributed by atoms with Gasteiger partial charge in [0.2, 0.25) is 0 Å². The van der Waals surface area contributed by atoms with Crippen molar-refractivity contribution in [2.45, 2.75) is 12.8 Å². The molecule has 0 bridgehead atoms. The maximum absolute atomic E-state index is 13.1. The Bertz CT molecular complexity index is 1510. The topological polar surface area (TPSA) is 97.8 Å². The van der Waals surface area contributed by atoms with Crippen LogP contribution < -0.4 is 4.74 Å². The number of carboxylic acid groups (broad SMARTS) is 1. The molecule has 1 saturated heterocycles. The second-order valence-electron chi connectivity index (χ2n) is 8.03. The molecule has 0 unspecified atom stereocenters. The quantitative estimate of drug-likeness (QED) is 0.245. The van der Waals surface area contributed by atoms with E-state index in [1.165, 1.54) is 16.7 Å². The molecule has 1 fully saturated rings. The number of nitrogens with zero attached hydrogens (tertiary/aromatic N) is 3. The summed E-state index contributed by atoms with van der Waals surface area (Å²) in [6.07, 6.45) is 3.89. The molecule has 0 radical (unpaired) electrons. The van der Waals surface area contributed by atoms with Crippen molar-refractivity contribution >= 4 is 57.2 Å². The average molecular weight is 520 g/mol. The SMILES string of the molecule is COc1cccc2cc(-c3nn(-c4ccccc4)cc3/C=C3\SC(=S)N(CCCC(=O)O)C3=O)oc12. The van der Waals surface area contributed by atoms with Gasteiger partial charge in [-0.05, 0) is 36.8 Å². The smallest absolute Gasteiger partial charge is 0.303 e. The largest absolute Gasteiger partial charge is 0.493 e. The number of aliphatic carboxylic acids is 1. The third-order valence-electron chi connectivity index (χ3n) is 5.66. The lowest BCUT2D eigenvalue weighted by atomic mass is 10.1. The number of ether oxygens (including phenoxy) is 1. The van der Waals surface area contributed by atoms with E-state index in [1.54, 1.807) is 17.9 Å². The number of furan rings is 1. The minimum Gasteiger partial charge on any atom is -0.493 e. The monoisotopic (exact) mass is 519 g/mol. The second-order valence-corrected chi connectivity index (χ2v) is 9.71. The van der Waals surface area contributed by atoms with Crippen molar-refractivity contribution in [3.63, 3.8) is 0 Å². The number of benzene rings is 2. The number of para-hydroxylation sites is 2. The maximum atomic E-state index is 13.1. The fraction of sp³-hybridized carbons (Fsp3) is 0.154. The maximum Gasteiger partial charge on any atom is 0.303 e. The number of carboxylic acids is 1. The summed E-state index contributed by atoms with van der Waals surface area (Å²) in [4.78, 5) is 25.8. The molecule has 0 saturated carbocycles. The van der Waals surface area contributed by atoms with Crippen LogP contribution in [0.2, 0.25) is 0 Å². The predicted molar refractivity (Wildman–Crippen MR) is 142 cm³/mol. The number of hydrogen-bond donors (Lipinski definition) is 1. The number of amides is 1. The van der Waals surface area contributed by atoms with E-state index in [-0.39, 0.29) is 18.9 Å². The molecule has 1 aliphatic rings. The zero-order valence-electron chi connectivity index (χ0n) is 19.2. The van der Waals surface area contributed by atoms with E-state index in [2.05, 4.69) is 0 Å². The van der Waals surface area contributed by atoms with Gasteiger partial charge in [0.1, 0.15) is 10.0 Å². The van der Waals surface area contributed by atoms with Crippen molar-refractivity contribution in [2.75, 3.05) is 13.7 Å². The summed E-state index contributed by atoms with van der Waals surface area (Å²) < 4.78 is 13.7. The highest BCUT2D eigenvalue weighted by atomic mass is 32.2. The van der Waals surface area contributed by atoms with Crippen LogP contribution in [0.3, 0.4) is 0 Å². The van der Waals surface area contributed by atoms with Crippen molar-refractivity contribution in [1.29, 1.82) is 0 Å². The Labute approximate surface area is 216 Å². The van der Waals surface area contributed by atoms with Gasteiger partial charge >= 0.3 is 5.97 Å². The summed E-state index contributed by atoms with van der Waals surface area (Å²) in [6, 6.07) is 17.2. The van der Waals surface area contributed by atoms with E-state index in [4.69, 9.17) is 31.6 Å². The van der Waals surface area contributed by atoms with Crippen molar-refractivity contribution in [2.24, 2.45) is 0 Å². The molecule has 1 aliphatic heterocycles. The summed E-state index contributed by atoms with van der Waals surface area (Å²) >= 11 is 6.59. The van der Waals surface area contributed by atoms with E-state index >= 15 is 0 Å². The lowest BCUT2D eigenvalue weighted by Gasteiger charge is -2.13. The van der Waals surface area contributed by atoms with Crippen LogP contribution in [0.5, 0.6) is 5.75 Å². The summed E-state index contributed by atoms with van der Waals surface area (Å²) in [5, 5.41) is 14.6. The van der Waals surface area contributed by atoms with Crippen molar-refractivity contribution in [3.8, 4) is 22.9 Å². The zero-order chi connectivity index (χ0) is 25.2. The highest BCUT2D eigenvalue weighted by Crippen LogP contribution is 2.37. The number of carbonyl (C=O) groups excluding carboxylic acids is 1. The molecule has 5 rings (SSSR count). The Hall–Kier alpha value is -3.89. The normalized spacial score (nSPS) is 14.8. The number of thioether (sulfide) groups is 1. The third-order valence-corrected chi connectivity index (χ3v) is 7.03. The van der Waals surface area contributed by atoms with Crippen molar-refractivity contribution in [1.82, 2.24) is 14.7 Å². The van der Waals surface area contributed by atoms with Gasteiger partial charge in [-0.1, -0.05) is 54.3 Å². The Morgan fingerprint density at radius 1 is 1.22 bits per heavy atom. The van der Waals surface area contributed by atoms with Gasteiger partial charge in [0.15, 0.2) is 17.1 Å². The molecule has 8 nitrogen and oxygen atoms in total. The molecular formula is C26H21N3O5S2. The molecule has 36 heavy (non-hydrogen) atoms. The highest BCUT2D eigenvalue weighted by Gasteiger charge is 2.32. The highest BCUT2D eigenvalue weighted by molar-refractivity contribution is 8.26. The molecule has 1 N–H and O–H groups in total. The fourth-order valence-corrected chi connectivity index (χ4v) is 5.23. The Balaban J connectivity index is 1.55. The van der Waals surface area contributed by atoms with Gasteiger partial charge in [-0.2, -0.15) is 5.10 Å². The van der Waals surface area contributed by atoms with E-state index in [9.17, 15) is 9.59 Å². The second kappa shape index (κ2) is 10.00. The third kappa shape index (κ3) is 4.65. The zero-order valence-corrected chi connectivity index (χ0v) is 20.8. The molecule has 10 heteroatoms. The molecule has 2 aromatic carbocycles. The van der Waals surface area contributed by atoms with Gasteiger partial charge in [0.05, 0.1) is 17.7 Å². The molecule has 2 aromatic heterocycles. The molecule has 0 atom stereocenters. The fourth-order valence-electron chi connectivity index (χ4n) is 3.93. The van der Waals surface area contributed by atoms with Crippen LogP contribution in [-0.4, -0.2) is 49.6 Å². The number of fused-ring (bicyclic) bond motifs is 1. The van der Waals surface area contributed by atoms with Crippen LogP contribution in [0, 0.1) is 0 Å². The molecular weight excluding hydrogens is 498 g/mol. The summed E-state index contributed by atoms with van der Waals surface area (Å²) in [5.41, 5.74) is 2.71. The Morgan fingerprint density at radius 2 is 2.03 bits per heavy atom. The number of hydrogen-bond acceptors (Lipinski definition) is 7. The van der Waals surface area contributed by atoms with Crippen LogP contribution in [0.25, 0.3) is 34.2 Å². The Morgan fingerprint density at radius 3 is 2.78 bits per heavy atom. The van der Waals surface area contributed by atoms with Gasteiger partial charge in [0, 0.05) is 30.1 Å². The number of thiocarbonyl (C=S) groups is 1. The molecule has 3 heterocycles. The number of carbonyl (C=O) groups is 2. The van der Waals surface area contributed by atoms with Crippen LogP contribution >= 0.6 is 24.0 Å². The van der Waals surface area contributed by atoms with Crippen molar-refractivity contribution < 1.29 is 23.8 Å². The van der Waals surface area contributed by atoms with Crippen molar-refractivity contribution in [3.05, 3.63) is 71.3 Å². The van der Waals surface area contributed by atoms with Crippen LogP contribution in [-0.2, 0) is 9.59 Å². The molecule has 0 aliphatic carbocycles. The minimum atomic E-state index is -0.906. The molecule has 0 spiro atoms. The van der Waals surface area contributed by atoms with E-state index in [0.717, 1.165) is 11.1 Å². The van der Waals surface area contributed by atoms with Gasteiger partial charge < -0.3 is 14.3 Å². The van der Waals surface area contributed by atoms with Gasteiger partial charge in [-0.15, -0.1) is 0 Å². The van der Waals surface area contributed by atoms with E-state index < -0.39 is 5.97 Å². The molecule has 1 amide bonds. The van der Waals surface area contributed by atoms with Gasteiger partial charge in [-0.3, -0.25) is 14.5 Å². The average Bonchev–Trinajstić information content (AvgIpc) is 3.56. The summed E-state index contributed by atoms with van der Waals surface area (Å²) in [7, 11) is 1.59. The van der Waals surface area contributed by atoms with Crippen LogP contribution in [0.1, 0.15) is 18.4 Å². The van der Waals surface area contributed by atoms with Crippen LogP contribution in [0.15, 0.2) is 70.1 Å². The number of rotatable bonds is 8. The number of methoxy groups -OCH3 is 1. The van der Waals surface area contributed by atoms with Gasteiger partial charge in [0.25, 0.3) is 5.91 Å². The summed E-state index contributed by atoms with van der Waals surface area (Å²) in [6.45, 7) is 0.258. The lowest BCUT2D eigenvalue weighted by Crippen LogP contribution is -2.29.